The van der Waals surface area contributed by atoms with Crippen molar-refractivity contribution in [3.63, 3.8) is 0 Å². The predicted octanol–water partition coefficient (Wildman–Crippen LogP) is 12.7. The van der Waals surface area contributed by atoms with Crippen molar-refractivity contribution in [1.82, 2.24) is 24.1 Å². The van der Waals surface area contributed by atoms with E-state index in [1.807, 2.05) is 83.4 Å². The van der Waals surface area contributed by atoms with Crippen LogP contribution in [-0.2, 0) is 0 Å². The van der Waals surface area contributed by atoms with Gasteiger partial charge in [0.15, 0.2) is 17.5 Å². The van der Waals surface area contributed by atoms with E-state index in [0.717, 1.165) is 87.9 Å². The second-order valence-corrected chi connectivity index (χ2v) is 15.0. The molecule has 0 radical (unpaired) electrons. The Labute approximate surface area is 348 Å². The van der Waals surface area contributed by atoms with Crippen LogP contribution in [-0.4, -0.2) is 24.1 Å². The van der Waals surface area contributed by atoms with Crippen LogP contribution < -0.4 is 0 Å². The summed E-state index contributed by atoms with van der Waals surface area (Å²) in [6.45, 7) is 0. The van der Waals surface area contributed by atoms with Gasteiger partial charge >= 0.3 is 0 Å². The summed E-state index contributed by atoms with van der Waals surface area (Å²) in [5, 5.41) is 26.4. The number of furan rings is 1. The Morgan fingerprint density at radius 3 is 1.33 bits per heavy atom. The summed E-state index contributed by atoms with van der Waals surface area (Å²) in [4.78, 5) is 14.8. The second-order valence-electron chi connectivity index (χ2n) is 15.0. The van der Waals surface area contributed by atoms with Gasteiger partial charge in [0.1, 0.15) is 23.3 Å². The van der Waals surface area contributed by atoms with Crippen molar-refractivity contribution in [2.45, 2.75) is 0 Å². The molecule has 0 unspecified atom stereocenters. The number of para-hydroxylation sites is 3. The third kappa shape index (κ3) is 5.13. The first kappa shape index (κ1) is 34.2. The number of hydrogen-bond acceptors (Lipinski definition) is 6. The molecule has 4 heterocycles. The topological polar surface area (TPSA) is 109 Å². The van der Waals surface area contributed by atoms with Gasteiger partial charge in [0.25, 0.3) is 0 Å². The number of hydrogen-bond donors (Lipinski definition) is 0. The lowest BCUT2D eigenvalue weighted by molar-refractivity contribution is 0.677. The van der Waals surface area contributed by atoms with E-state index in [1.54, 1.807) is 18.2 Å². The van der Waals surface area contributed by atoms with Crippen LogP contribution in [0.5, 0.6) is 0 Å². The SMILES string of the molecule is N#Cc1cccc(C#N)c1-n1c2ccccc2c2c3oc4c(ccc5c4c4ccccc4n5-c4ccc(-c5nc(-c6ccccc6)nc(-c6ccccc6)n5)cc4)c3ccc21. The van der Waals surface area contributed by atoms with Gasteiger partial charge in [-0.1, -0.05) is 103 Å². The molecule has 0 aliphatic heterocycles. The minimum Gasteiger partial charge on any atom is -0.455 e. The van der Waals surface area contributed by atoms with Gasteiger partial charge in [0.2, 0.25) is 0 Å². The van der Waals surface area contributed by atoms with Gasteiger partial charge in [0, 0.05) is 43.9 Å². The number of rotatable bonds is 5. The van der Waals surface area contributed by atoms with E-state index < -0.39 is 0 Å². The van der Waals surface area contributed by atoms with Crippen LogP contribution in [0.3, 0.4) is 0 Å². The second kappa shape index (κ2) is 13.4. The highest BCUT2D eigenvalue weighted by Gasteiger charge is 2.24. The first-order chi connectivity index (χ1) is 30.2. The van der Waals surface area contributed by atoms with Gasteiger partial charge in [-0.25, -0.2) is 15.0 Å². The molecule has 8 aromatic carbocycles. The van der Waals surface area contributed by atoms with Crippen LogP contribution in [0.4, 0.5) is 0 Å². The minimum absolute atomic E-state index is 0.427. The van der Waals surface area contributed by atoms with Crippen LogP contribution in [0.25, 0.3) is 111 Å². The van der Waals surface area contributed by atoms with Gasteiger partial charge in [-0.15, -0.1) is 0 Å². The fourth-order valence-corrected chi connectivity index (χ4v) is 8.98. The smallest absolute Gasteiger partial charge is 0.164 e. The Morgan fingerprint density at radius 2 is 0.820 bits per heavy atom. The molecule has 282 valence electrons. The average Bonchev–Trinajstić information content (AvgIpc) is 3.99. The summed E-state index contributed by atoms with van der Waals surface area (Å²) in [6.07, 6.45) is 0. The highest BCUT2D eigenvalue weighted by molar-refractivity contribution is 6.29. The molecule has 4 aromatic heterocycles. The largest absolute Gasteiger partial charge is 0.455 e. The van der Waals surface area contributed by atoms with Crippen molar-refractivity contribution in [3.05, 3.63) is 187 Å². The molecule has 0 aliphatic rings. The average molecular weight is 780 g/mol. The Hall–Kier alpha value is -8.85. The molecule has 8 nitrogen and oxygen atoms in total. The zero-order valence-corrected chi connectivity index (χ0v) is 32.3. The normalized spacial score (nSPS) is 11.6. The Kier molecular flexibility index (Phi) is 7.49. The molecule has 61 heavy (non-hydrogen) atoms. The molecular weight excluding hydrogens is 751 g/mol. The van der Waals surface area contributed by atoms with E-state index in [0.29, 0.717) is 34.3 Å². The standard InChI is InChI=1S/C53H29N7O/c54-30-35-16-11-17-36(31-55)48(35)60-43-21-10-8-19-41(43)47-45(60)29-27-39-38-26-28-44-46(49(38)61-50(39)47)40-18-7-9-20-42(40)59(44)37-24-22-34(23-25-37)53-57-51(32-12-3-1-4-13-32)56-52(58-53)33-14-5-2-6-15-33/h1-29H. The van der Waals surface area contributed by atoms with Gasteiger partial charge in [-0.3, -0.25) is 0 Å². The molecule has 0 spiro atoms. The van der Waals surface area contributed by atoms with E-state index in [1.165, 1.54) is 0 Å². The molecule has 0 saturated heterocycles. The Bertz CT molecular complexity index is 3740. The fraction of sp³-hybridized carbons (Fsp3) is 0. The molecule has 0 aliphatic carbocycles. The summed E-state index contributed by atoms with van der Waals surface area (Å²) in [6, 6.07) is 63.3. The monoisotopic (exact) mass is 779 g/mol. The summed E-state index contributed by atoms with van der Waals surface area (Å²) < 4.78 is 11.4. The van der Waals surface area contributed by atoms with E-state index in [2.05, 4.69) is 95.6 Å². The molecule has 0 N–H and O–H groups in total. The van der Waals surface area contributed by atoms with Crippen LogP contribution in [0.15, 0.2) is 180 Å². The highest BCUT2D eigenvalue weighted by atomic mass is 16.3. The number of benzene rings is 8. The van der Waals surface area contributed by atoms with E-state index in [4.69, 9.17) is 19.4 Å². The first-order valence-corrected chi connectivity index (χ1v) is 19.9. The van der Waals surface area contributed by atoms with Crippen molar-refractivity contribution < 1.29 is 4.42 Å². The molecule has 0 atom stereocenters. The zero-order chi connectivity index (χ0) is 40.6. The van der Waals surface area contributed by atoms with Crippen molar-refractivity contribution in [1.29, 1.82) is 10.5 Å². The first-order valence-electron chi connectivity index (χ1n) is 19.9. The lowest BCUT2D eigenvalue weighted by Gasteiger charge is -2.11. The Morgan fingerprint density at radius 1 is 0.377 bits per heavy atom. The number of nitriles is 2. The van der Waals surface area contributed by atoms with Crippen molar-refractivity contribution in [2.75, 3.05) is 0 Å². The van der Waals surface area contributed by atoms with Crippen molar-refractivity contribution in [2.24, 2.45) is 0 Å². The lowest BCUT2D eigenvalue weighted by atomic mass is 10.1. The molecule has 0 saturated carbocycles. The summed E-state index contributed by atoms with van der Waals surface area (Å²) in [5.74, 6) is 1.83. The van der Waals surface area contributed by atoms with Gasteiger partial charge in [-0.2, -0.15) is 10.5 Å². The third-order valence-corrected chi connectivity index (χ3v) is 11.7. The van der Waals surface area contributed by atoms with Gasteiger partial charge in [0.05, 0.1) is 49.7 Å². The Balaban J connectivity index is 1.05. The van der Waals surface area contributed by atoms with Gasteiger partial charge < -0.3 is 13.6 Å². The summed E-state index contributed by atoms with van der Waals surface area (Å²) in [5.41, 5.74) is 10.5. The maximum Gasteiger partial charge on any atom is 0.164 e. The summed E-state index contributed by atoms with van der Waals surface area (Å²) in [7, 11) is 0. The molecule has 8 heteroatoms. The zero-order valence-electron chi connectivity index (χ0n) is 32.3. The highest BCUT2D eigenvalue weighted by Crippen LogP contribution is 2.45. The van der Waals surface area contributed by atoms with E-state index in [9.17, 15) is 10.5 Å². The minimum atomic E-state index is 0.427. The molecule has 12 rings (SSSR count). The number of aromatic nitrogens is 5. The number of nitrogens with zero attached hydrogens (tertiary/aromatic N) is 7. The van der Waals surface area contributed by atoms with Crippen LogP contribution >= 0.6 is 0 Å². The maximum atomic E-state index is 10.2. The van der Waals surface area contributed by atoms with Crippen LogP contribution in [0, 0.1) is 22.7 Å². The molecule has 0 amide bonds. The summed E-state index contributed by atoms with van der Waals surface area (Å²) >= 11 is 0. The fourth-order valence-electron chi connectivity index (χ4n) is 8.98. The molecule has 0 fully saturated rings. The molecule has 0 bridgehead atoms. The number of fused-ring (bicyclic) bond motifs is 11. The van der Waals surface area contributed by atoms with Crippen LogP contribution in [0.2, 0.25) is 0 Å². The van der Waals surface area contributed by atoms with Gasteiger partial charge in [-0.05, 0) is 72.8 Å². The quantitative estimate of drug-likeness (QED) is 0.172. The maximum absolute atomic E-state index is 10.2. The van der Waals surface area contributed by atoms with Crippen molar-refractivity contribution in [3.8, 4) is 57.7 Å². The van der Waals surface area contributed by atoms with Crippen molar-refractivity contribution >= 4 is 65.6 Å². The van der Waals surface area contributed by atoms with Crippen LogP contribution in [0.1, 0.15) is 11.1 Å². The van der Waals surface area contributed by atoms with E-state index >= 15 is 0 Å². The van der Waals surface area contributed by atoms with E-state index in [-0.39, 0.29) is 0 Å². The molecular formula is C53H29N7O. The lowest BCUT2D eigenvalue weighted by Crippen LogP contribution is -2.00. The third-order valence-electron chi connectivity index (χ3n) is 11.7. The predicted molar refractivity (Wildman–Crippen MR) is 242 cm³/mol. The molecule has 12 aromatic rings.